The number of carbonyl (C=O) groups excluding carboxylic acids is 2. The molecule has 0 atom stereocenters. The van der Waals surface area contributed by atoms with Gasteiger partial charge in [-0.25, -0.2) is 5.43 Å². The molecule has 4 aromatic rings. The Bertz CT molecular complexity index is 1310. The van der Waals surface area contributed by atoms with Gasteiger partial charge in [0, 0.05) is 21.0 Å². The molecule has 0 spiro atoms. The van der Waals surface area contributed by atoms with Gasteiger partial charge in [-0.15, -0.1) is 11.3 Å². The molecule has 2 aromatic carbocycles. The number of amides is 2. The van der Waals surface area contributed by atoms with Gasteiger partial charge in [-0.3, -0.25) is 9.59 Å². The Labute approximate surface area is 199 Å². The fourth-order valence-corrected chi connectivity index (χ4v) is 3.74. The zero-order valence-corrected chi connectivity index (χ0v) is 18.8. The number of furan rings is 1. The molecule has 0 saturated carbocycles. The van der Waals surface area contributed by atoms with Gasteiger partial charge >= 0.3 is 0 Å². The van der Waals surface area contributed by atoms with Crippen LogP contribution in [0.2, 0.25) is 5.02 Å². The summed E-state index contributed by atoms with van der Waals surface area (Å²) in [6.07, 6.45) is 2.98. The molecule has 0 unspecified atom stereocenters. The quantitative estimate of drug-likeness (QED) is 0.208. The van der Waals surface area contributed by atoms with Crippen molar-refractivity contribution in [3.05, 3.63) is 111 Å². The summed E-state index contributed by atoms with van der Waals surface area (Å²) >= 11 is 7.47. The highest BCUT2D eigenvalue weighted by atomic mass is 35.5. The van der Waals surface area contributed by atoms with Crippen LogP contribution < -0.4 is 10.7 Å². The maximum Gasteiger partial charge on any atom is 0.287 e. The maximum atomic E-state index is 12.7. The predicted octanol–water partition coefficient (Wildman–Crippen LogP) is 5.58. The Morgan fingerprint density at radius 1 is 0.970 bits per heavy atom. The van der Waals surface area contributed by atoms with E-state index in [1.807, 2.05) is 35.7 Å². The zero-order chi connectivity index (χ0) is 23.0. The lowest BCUT2D eigenvalue weighted by Crippen LogP contribution is -2.32. The van der Waals surface area contributed by atoms with Gasteiger partial charge in [0.1, 0.15) is 17.2 Å². The number of hydrogen-bond acceptors (Lipinski definition) is 5. The molecule has 0 aliphatic carbocycles. The van der Waals surface area contributed by atoms with Crippen LogP contribution in [0.5, 0.6) is 0 Å². The second kappa shape index (κ2) is 10.6. The summed E-state index contributed by atoms with van der Waals surface area (Å²) in [5.41, 5.74) is 3.77. The molecule has 33 heavy (non-hydrogen) atoms. The number of thiophene rings is 1. The van der Waals surface area contributed by atoms with Crippen LogP contribution in [0.15, 0.2) is 99.5 Å². The zero-order valence-electron chi connectivity index (χ0n) is 17.2. The van der Waals surface area contributed by atoms with Crippen molar-refractivity contribution in [3.8, 4) is 11.3 Å². The van der Waals surface area contributed by atoms with Crippen molar-refractivity contribution in [2.45, 2.75) is 0 Å². The van der Waals surface area contributed by atoms with Crippen LogP contribution in [-0.4, -0.2) is 18.0 Å². The molecule has 2 amide bonds. The molecule has 4 rings (SSSR count). The number of hydrogen-bond donors (Lipinski definition) is 2. The number of halogens is 1. The Kier molecular flexibility index (Phi) is 7.14. The summed E-state index contributed by atoms with van der Waals surface area (Å²) in [5.74, 6) is 0.112. The summed E-state index contributed by atoms with van der Waals surface area (Å²) in [4.78, 5) is 26.1. The fraction of sp³-hybridized carbons (Fsp3) is 0. The van der Waals surface area contributed by atoms with Gasteiger partial charge in [-0.2, -0.15) is 5.10 Å². The average molecular weight is 476 g/mol. The molecule has 0 radical (unpaired) electrons. The molecule has 2 heterocycles. The highest BCUT2D eigenvalue weighted by Gasteiger charge is 2.14. The van der Waals surface area contributed by atoms with E-state index in [4.69, 9.17) is 16.0 Å². The molecule has 0 fully saturated rings. The first-order valence-corrected chi connectivity index (χ1v) is 11.1. The minimum atomic E-state index is -0.564. The van der Waals surface area contributed by atoms with E-state index in [2.05, 4.69) is 15.8 Å². The van der Waals surface area contributed by atoms with Crippen LogP contribution in [-0.2, 0) is 4.79 Å². The average Bonchev–Trinajstić information content (AvgIpc) is 3.51. The molecule has 0 saturated heterocycles. The van der Waals surface area contributed by atoms with Gasteiger partial charge in [0.15, 0.2) is 0 Å². The second-order valence-electron chi connectivity index (χ2n) is 6.81. The van der Waals surface area contributed by atoms with E-state index in [9.17, 15) is 9.59 Å². The Balaban J connectivity index is 1.46. The lowest BCUT2D eigenvalue weighted by molar-refractivity contribution is -0.117. The van der Waals surface area contributed by atoms with Crippen LogP contribution >= 0.6 is 22.9 Å². The van der Waals surface area contributed by atoms with Gasteiger partial charge in [0.25, 0.3) is 11.8 Å². The van der Waals surface area contributed by atoms with E-state index >= 15 is 0 Å². The van der Waals surface area contributed by atoms with E-state index in [1.165, 1.54) is 17.6 Å². The molecule has 0 aliphatic rings. The highest BCUT2D eigenvalue weighted by molar-refractivity contribution is 7.10. The van der Waals surface area contributed by atoms with Crippen molar-refractivity contribution >= 4 is 47.0 Å². The number of carbonyl (C=O) groups is 2. The van der Waals surface area contributed by atoms with Crippen LogP contribution in [0.1, 0.15) is 21.0 Å². The molecule has 0 bridgehead atoms. The Hall–Kier alpha value is -3.94. The van der Waals surface area contributed by atoms with E-state index in [0.717, 1.165) is 10.4 Å². The first kappa shape index (κ1) is 22.3. The van der Waals surface area contributed by atoms with Gasteiger partial charge < -0.3 is 9.73 Å². The predicted molar refractivity (Wildman–Crippen MR) is 131 cm³/mol. The van der Waals surface area contributed by atoms with Crippen molar-refractivity contribution in [3.63, 3.8) is 0 Å². The molecule has 6 nitrogen and oxygen atoms in total. The normalized spacial score (nSPS) is 11.5. The third-order valence-electron chi connectivity index (χ3n) is 4.45. The summed E-state index contributed by atoms with van der Waals surface area (Å²) in [6, 6.07) is 23.2. The molecule has 2 aromatic heterocycles. The molecule has 0 aliphatic heterocycles. The van der Waals surface area contributed by atoms with E-state index in [0.29, 0.717) is 22.1 Å². The lowest BCUT2D eigenvalue weighted by atomic mass is 10.2. The van der Waals surface area contributed by atoms with Gasteiger partial charge in [-0.1, -0.05) is 48.0 Å². The smallest absolute Gasteiger partial charge is 0.287 e. The molecular weight excluding hydrogens is 458 g/mol. The van der Waals surface area contributed by atoms with Crippen LogP contribution in [0, 0.1) is 0 Å². The van der Waals surface area contributed by atoms with Crippen LogP contribution in [0.25, 0.3) is 17.4 Å². The molecular formula is C25H18ClN3O3S. The fourth-order valence-electron chi connectivity index (χ4n) is 2.89. The number of benzene rings is 2. The van der Waals surface area contributed by atoms with E-state index in [-0.39, 0.29) is 5.70 Å². The summed E-state index contributed by atoms with van der Waals surface area (Å²) in [7, 11) is 0. The molecule has 2 N–H and O–H groups in total. The van der Waals surface area contributed by atoms with E-state index < -0.39 is 11.8 Å². The Morgan fingerprint density at radius 2 is 1.82 bits per heavy atom. The third kappa shape index (κ3) is 6.06. The summed E-state index contributed by atoms with van der Waals surface area (Å²) in [6.45, 7) is 0. The summed E-state index contributed by atoms with van der Waals surface area (Å²) < 4.78 is 5.73. The van der Waals surface area contributed by atoms with Crippen LogP contribution in [0.4, 0.5) is 0 Å². The van der Waals surface area contributed by atoms with Crippen molar-refractivity contribution < 1.29 is 14.0 Å². The first-order chi connectivity index (χ1) is 16.1. The second-order valence-corrected chi connectivity index (χ2v) is 8.22. The molecule has 164 valence electrons. The number of nitrogens with one attached hydrogen (secondary N) is 2. The van der Waals surface area contributed by atoms with Gasteiger partial charge in [-0.05, 0) is 53.9 Å². The number of rotatable bonds is 7. The lowest BCUT2D eigenvalue weighted by Gasteiger charge is -2.08. The third-order valence-corrected chi connectivity index (χ3v) is 5.51. The van der Waals surface area contributed by atoms with Gasteiger partial charge in [0.2, 0.25) is 0 Å². The maximum absolute atomic E-state index is 12.7. The van der Waals surface area contributed by atoms with Crippen LogP contribution in [0.3, 0.4) is 0 Å². The minimum Gasteiger partial charge on any atom is -0.455 e. The largest absolute Gasteiger partial charge is 0.455 e. The van der Waals surface area contributed by atoms with Crippen molar-refractivity contribution in [1.29, 1.82) is 0 Å². The van der Waals surface area contributed by atoms with Crippen molar-refractivity contribution in [2.24, 2.45) is 5.10 Å². The topological polar surface area (TPSA) is 83.7 Å². The van der Waals surface area contributed by atoms with Gasteiger partial charge in [0.05, 0.1) is 6.21 Å². The minimum absolute atomic E-state index is 0.0718. The SMILES string of the molecule is O=C(NN=Cc1ccc(-c2cccc(Cl)c2)o1)C(=Cc1cccs1)NC(=O)c1ccccc1. The van der Waals surface area contributed by atoms with Crippen molar-refractivity contribution in [1.82, 2.24) is 10.7 Å². The Morgan fingerprint density at radius 3 is 2.58 bits per heavy atom. The standard InChI is InChI=1S/C25H18ClN3O3S/c26-19-9-4-8-18(14-19)23-12-11-20(32-23)16-27-29-25(31)22(15-21-10-5-13-33-21)28-24(30)17-6-2-1-3-7-17/h1-16H,(H,28,30)(H,29,31). The van der Waals surface area contributed by atoms with E-state index in [1.54, 1.807) is 54.6 Å². The number of hydrazone groups is 1. The highest BCUT2D eigenvalue weighted by Crippen LogP contribution is 2.24. The monoisotopic (exact) mass is 475 g/mol. The van der Waals surface area contributed by atoms with Crippen molar-refractivity contribution in [2.75, 3.05) is 0 Å². The number of nitrogens with zero attached hydrogens (tertiary/aromatic N) is 1. The molecule has 8 heteroatoms. The summed E-state index contributed by atoms with van der Waals surface area (Å²) in [5, 5.41) is 9.11. The first-order valence-electron chi connectivity index (χ1n) is 9.89.